The van der Waals surface area contributed by atoms with E-state index in [2.05, 4.69) is 10.4 Å². The summed E-state index contributed by atoms with van der Waals surface area (Å²) in [6.45, 7) is 0. The molecule has 1 aliphatic heterocycles. The molecule has 3 N–H and O–H groups in total. The van der Waals surface area contributed by atoms with Crippen molar-refractivity contribution in [2.75, 3.05) is 12.8 Å². The van der Waals surface area contributed by atoms with Crippen LogP contribution >= 0.6 is 0 Å². The van der Waals surface area contributed by atoms with Crippen molar-refractivity contribution >= 4 is 17.6 Å². The van der Waals surface area contributed by atoms with Crippen molar-refractivity contribution in [3.8, 4) is 11.4 Å². The first-order valence-electron chi connectivity index (χ1n) is 5.96. The summed E-state index contributed by atoms with van der Waals surface area (Å²) in [5.74, 6) is -0.137. The summed E-state index contributed by atoms with van der Waals surface area (Å²) < 4.78 is 6.67. The molecule has 1 aromatic carbocycles. The van der Waals surface area contributed by atoms with Crippen LogP contribution in [-0.2, 0) is 11.2 Å². The number of imide groups is 1. The molecule has 3 rings (SSSR count). The first-order chi connectivity index (χ1) is 9.61. The highest BCUT2D eigenvalue weighted by atomic mass is 16.5. The number of nitrogens with zero attached hydrogens (tertiary/aromatic N) is 2. The summed E-state index contributed by atoms with van der Waals surface area (Å²) >= 11 is 0. The number of nitrogens with two attached hydrogens (primary N) is 1. The number of anilines is 1. The van der Waals surface area contributed by atoms with Crippen molar-refractivity contribution in [1.29, 1.82) is 0 Å². The van der Waals surface area contributed by atoms with E-state index in [0.717, 1.165) is 0 Å². The van der Waals surface area contributed by atoms with Crippen LogP contribution in [0.15, 0.2) is 24.3 Å². The zero-order chi connectivity index (χ0) is 14.3. The molecule has 0 aliphatic carbocycles. The summed E-state index contributed by atoms with van der Waals surface area (Å²) in [5, 5.41) is 6.49. The van der Waals surface area contributed by atoms with Crippen molar-refractivity contribution in [3.05, 3.63) is 35.5 Å². The number of rotatable bonds is 2. The molecule has 2 amide bonds. The molecule has 1 aliphatic rings. The number of aromatic nitrogens is 2. The molecule has 20 heavy (non-hydrogen) atoms. The average Bonchev–Trinajstić information content (AvgIpc) is 2.75. The number of hydrogen-bond donors (Lipinski definition) is 2. The minimum absolute atomic E-state index is 0.0351. The van der Waals surface area contributed by atoms with Crippen LogP contribution in [0.2, 0.25) is 0 Å². The van der Waals surface area contributed by atoms with Crippen molar-refractivity contribution in [1.82, 2.24) is 15.1 Å². The Hall–Kier alpha value is -2.83. The van der Waals surface area contributed by atoms with Gasteiger partial charge in [-0.05, 0) is 12.1 Å². The van der Waals surface area contributed by atoms with Gasteiger partial charge in [-0.15, -0.1) is 0 Å². The van der Waals surface area contributed by atoms with Gasteiger partial charge in [-0.2, -0.15) is 5.10 Å². The number of carbonyl (C=O) groups is 2. The topological polar surface area (TPSA) is 99.2 Å². The average molecular weight is 272 g/mol. The second-order valence-electron chi connectivity index (χ2n) is 4.34. The van der Waals surface area contributed by atoms with Crippen LogP contribution in [0.4, 0.5) is 5.82 Å². The monoisotopic (exact) mass is 272 g/mol. The molecular weight excluding hydrogens is 260 g/mol. The van der Waals surface area contributed by atoms with E-state index in [-0.39, 0.29) is 23.7 Å². The number of para-hydroxylation sites is 2. The normalized spacial score (nSPS) is 13.8. The molecule has 0 unspecified atom stereocenters. The summed E-state index contributed by atoms with van der Waals surface area (Å²) in [6.07, 6.45) is 0.0351. The van der Waals surface area contributed by atoms with Gasteiger partial charge in [-0.3, -0.25) is 14.9 Å². The molecule has 102 valence electrons. The fourth-order valence-corrected chi connectivity index (χ4v) is 2.22. The third kappa shape index (κ3) is 1.71. The van der Waals surface area contributed by atoms with Gasteiger partial charge in [0, 0.05) is 0 Å². The largest absolute Gasteiger partial charge is 0.494 e. The van der Waals surface area contributed by atoms with E-state index in [1.54, 1.807) is 12.1 Å². The lowest BCUT2D eigenvalue weighted by molar-refractivity contribution is -0.119. The number of ether oxygens (including phenoxy) is 1. The molecule has 0 atom stereocenters. The van der Waals surface area contributed by atoms with E-state index < -0.39 is 5.91 Å². The summed E-state index contributed by atoms with van der Waals surface area (Å²) in [4.78, 5) is 23.2. The van der Waals surface area contributed by atoms with Gasteiger partial charge < -0.3 is 10.5 Å². The molecule has 0 saturated heterocycles. The highest BCUT2D eigenvalue weighted by Crippen LogP contribution is 2.28. The first kappa shape index (κ1) is 12.2. The van der Waals surface area contributed by atoms with E-state index in [4.69, 9.17) is 10.5 Å². The van der Waals surface area contributed by atoms with E-state index in [0.29, 0.717) is 17.1 Å². The van der Waals surface area contributed by atoms with Gasteiger partial charge >= 0.3 is 0 Å². The van der Waals surface area contributed by atoms with Crippen molar-refractivity contribution in [3.63, 3.8) is 0 Å². The van der Waals surface area contributed by atoms with Gasteiger partial charge in [-0.1, -0.05) is 12.1 Å². The third-order valence-corrected chi connectivity index (χ3v) is 3.11. The van der Waals surface area contributed by atoms with Crippen LogP contribution < -0.4 is 15.8 Å². The van der Waals surface area contributed by atoms with Gasteiger partial charge in [0.25, 0.3) is 5.91 Å². The number of amides is 2. The highest BCUT2D eigenvalue weighted by molar-refractivity contribution is 6.11. The first-order valence-corrected chi connectivity index (χ1v) is 5.96. The van der Waals surface area contributed by atoms with Crippen molar-refractivity contribution < 1.29 is 14.3 Å². The highest BCUT2D eigenvalue weighted by Gasteiger charge is 2.30. The lowest BCUT2D eigenvalue weighted by atomic mass is 10.1. The van der Waals surface area contributed by atoms with Gasteiger partial charge in [0.1, 0.15) is 22.8 Å². The minimum Gasteiger partial charge on any atom is -0.494 e. The standard InChI is InChI=1S/C13H12N4O3/c1-20-9-5-3-2-4-8(9)17-12(14)11-7(16-17)6-10(18)15-13(11)19/h2-5H,6,14H2,1H3,(H,15,18,19). The quantitative estimate of drug-likeness (QED) is 0.765. The van der Waals surface area contributed by atoms with Crippen LogP contribution in [0.25, 0.3) is 5.69 Å². The smallest absolute Gasteiger partial charge is 0.263 e. The van der Waals surface area contributed by atoms with E-state index >= 15 is 0 Å². The van der Waals surface area contributed by atoms with Crippen molar-refractivity contribution in [2.24, 2.45) is 0 Å². The molecule has 0 spiro atoms. The predicted molar refractivity (Wildman–Crippen MR) is 70.7 cm³/mol. The lowest BCUT2D eigenvalue weighted by Gasteiger charge is -2.10. The predicted octanol–water partition coefficient (Wildman–Crippen LogP) is 0.276. The number of hydrogen-bond acceptors (Lipinski definition) is 5. The van der Waals surface area contributed by atoms with Crippen LogP contribution in [0.3, 0.4) is 0 Å². The molecule has 2 heterocycles. The molecule has 1 aromatic heterocycles. The SMILES string of the molecule is COc1ccccc1-n1nc2c(c1N)C(=O)NC(=O)C2. The zero-order valence-electron chi connectivity index (χ0n) is 10.7. The Morgan fingerprint density at radius 2 is 2.10 bits per heavy atom. The fourth-order valence-electron chi connectivity index (χ4n) is 2.22. The Balaban J connectivity index is 2.20. The second kappa shape index (κ2) is 4.37. The molecule has 0 bridgehead atoms. The third-order valence-electron chi connectivity index (χ3n) is 3.11. The molecule has 0 radical (unpaired) electrons. The molecular formula is C13H12N4O3. The number of methoxy groups -OCH3 is 1. The number of fused-ring (bicyclic) bond motifs is 1. The van der Waals surface area contributed by atoms with Gasteiger partial charge in [0.05, 0.1) is 19.2 Å². The van der Waals surface area contributed by atoms with E-state index in [1.807, 2.05) is 12.1 Å². The second-order valence-corrected chi connectivity index (χ2v) is 4.34. The summed E-state index contributed by atoms with van der Waals surface area (Å²) in [6, 6.07) is 7.16. The van der Waals surface area contributed by atoms with Gasteiger partial charge in [0.15, 0.2) is 0 Å². The van der Waals surface area contributed by atoms with Crippen LogP contribution in [0.1, 0.15) is 16.1 Å². The number of carbonyl (C=O) groups excluding carboxylic acids is 2. The van der Waals surface area contributed by atoms with Crippen LogP contribution in [0.5, 0.6) is 5.75 Å². The Labute approximate surface area is 114 Å². The molecule has 0 saturated carbocycles. The van der Waals surface area contributed by atoms with Crippen LogP contribution in [-0.4, -0.2) is 28.7 Å². The summed E-state index contributed by atoms with van der Waals surface area (Å²) in [5.41, 5.74) is 7.22. The molecule has 7 nitrogen and oxygen atoms in total. The lowest BCUT2D eigenvalue weighted by Crippen LogP contribution is -2.37. The van der Waals surface area contributed by atoms with Crippen LogP contribution in [0, 0.1) is 0 Å². The Morgan fingerprint density at radius 1 is 1.35 bits per heavy atom. The maximum atomic E-state index is 11.8. The summed E-state index contributed by atoms with van der Waals surface area (Å²) in [7, 11) is 1.54. The van der Waals surface area contributed by atoms with Gasteiger partial charge in [0.2, 0.25) is 5.91 Å². The molecule has 7 heteroatoms. The fraction of sp³-hybridized carbons (Fsp3) is 0.154. The van der Waals surface area contributed by atoms with Gasteiger partial charge in [-0.25, -0.2) is 4.68 Å². The van der Waals surface area contributed by atoms with E-state index in [1.165, 1.54) is 11.8 Å². The Morgan fingerprint density at radius 3 is 2.85 bits per heavy atom. The minimum atomic E-state index is -0.519. The Bertz CT molecular complexity index is 720. The maximum Gasteiger partial charge on any atom is 0.263 e. The Kier molecular flexibility index (Phi) is 2.67. The molecule has 2 aromatic rings. The molecule has 0 fully saturated rings. The number of nitrogen functional groups attached to an aromatic ring is 1. The number of benzene rings is 1. The van der Waals surface area contributed by atoms with E-state index in [9.17, 15) is 9.59 Å². The zero-order valence-corrected chi connectivity index (χ0v) is 10.7. The maximum absolute atomic E-state index is 11.8. The van der Waals surface area contributed by atoms with Crippen molar-refractivity contribution in [2.45, 2.75) is 6.42 Å². The number of nitrogens with one attached hydrogen (secondary N) is 1.